The van der Waals surface area contributed by atoms with Gasteiger partial charge in [-0.1, -0.05) is 40.8 Å². The van der Waals surface area contributed by atoms with Crippen LogP contribution in [0.3, 0.4) is 0 Å². The molecule has 2 saturated heterocycles. The molecule has 0 spiro atoms. The van der Waals surface area contributed by atoms with Crippen LogP contribution in [0.2, 0.25) is 0 Å². The number of nitrogens with one attached hydrogen (secondary N) is 1. The quantitative estimate of drug-likeness (QED) is 0.226. The van der Waals surface area contributed by atoms with Crippen LogP contribution in [0.15, 0.2) is 30.3 Å². The SMILES string of the molecule is Cc1cc(C2CCN(C(=O)[C@@H]3CN(C(C)(C)C)C[C@H]3c3ccc(F)cc3F)CC2)c([C@H](I)NCCN)cc1C. The number of hydrogen-bond donors (Lipinski definition) is 2. The normalized spacial score (nSPS) is 21.9. The molecule has 2 aliphatic rings. The number of piperidine rings is 1. The zero-order valence-corrected chi connectivity index (χ0v) is 26.0. The molecule has 5 nitrogen and oxygen atoms in total. The summed E-state index contributed by atoms with van der Waals surface area (Å²) in [5, 5.41) is 3.52. The number of carbonyl (C=O) groups is 1. The Labute approximate surface area is 246 Å². The van der Waals surface area contributed by atoms with Gasteiger partial charge in [-0.15, -0.1) is 0 Å². The van der Waals surface area contributed by atoms with Crippen LogP contribution in [0.1, 0.15) is 77.3 Å². The summed E-state index contributed by atoms with van der Waals surface area (Å²) < 4.78 is 28.7. The van der Waals surface area contributed by atoms with Crippen molar-refractivity contribution in [2.24, 2.45) is 11.7 Å². The van der Waals surface area contributed by atoms with Crippen LogP contribution in [0, 0.1) is 31.4 Å². The predicted molar refractivity (Wildman–Crippen MR) is 162 cm³/mol. The monoisotopic (exact) mass is 652 g/mol. The molecule has 2 fully saturated rings. The summed E-state index contributed by atoms with van der Waals surface area (Å²) in [4.78, 5) is 18.2. The molecular weight excluding hydrogens is 609 g/mol. The van der Waals surface area contributed by atoms with Gasteiger partial charge in [-0.2, -0.15) is 0 Å². The Kier molecular flexibility index (Phi) is 9.72. The summed E-state index contributed by atoms with van der Waals surface area (Å²) in [5.41, 5.74) is 11.3. The Hall–Kier alpha value is -1.62. The predicted octanol–water partition coefficient (Wildman–Crippen LogP) is 5.78. The average molecular weight is 653 g/mol. The minimum atomic E-state index is -0.593. The number of aryl methyl sites for hydroxylation is 2. The largest absolute Gasteiger partial charge is 0.342 e. The number of alkyl halides is 1. The van der Waals surface area contributed by atoms with Gasteiger partial charge in [0.1, 0.15) is 11.6 Å². The third-order valence-corrected chi connectivity index (χ3v) is 9.75. The van der Waals surface area contributed by atoms with Crippen LogP contribution in [0.4, 0.5) is 8.78 Å². The number of hydrogen-bond acceptors (Lipinski definition) is 4. The summed E-state index contributed by atoms with van der Waals surface area (Å²) in [5.74, 6) is -1.34. The minimum absolute atomic E-state index is 0.0885. The number of nitrogens with zero attached hydrogens (tertiary/aromatic N) is 2. The fourth-order valence-electron chi connectivity index (χ4n) is 6.12. The second-order valence-corrected chi connectivity index (χ2v) is 13.5. The van der Waals surface area contributed by atoms with Gasteiger partial charge in [-0.05, 0) is 87.3 Å². The van der Waals surface area contributed by atoms with Crippen molar-refractivity contribution >= 4 is 28.5 Å². The van der Waals surface area contributed by atoms with Gasteiger partial charge in [-0.3, -0.25) is 9.69 Å². The Morgan fingerprint density at radius 3 is 2.36 bits per heavy atom. The number of amides is 1. The van der Waals surface area contributed by atoms with Gasteiger partial charge in [0.05, 0.1) is 9.97 Å². The third-order valence-electron chi connectivity index (χ3n) is 8.63. The number of likely N-dealkylation sites (tertiary alicyclic amines) is 2. The van der Waals surface area contributed by atoms with Gasteiger partial charge in [0, 0.05) is 56.8 Å². The highest BCUT2D eigenvalue weighted by atomic mass is 127. The Morgan fingerprint density at radius 2 is 1.74 bits per heavy atom. The van der Waals surface area contributed by atoms with Gasteiger partial charge < -0.3 is 16.0 Å². The molecule has 0 bridgehead atoms. The maximum Gasteiger partial charge on any atom is 0.227 e. The molecule has 0 aliphatic carbocycles. The Balaban J connectivity index is 1.52. The Morgan fingerprint density at radius 1 is 1.08 bits per heavy atom. The van der Waals surface area contributed by atoms with E-state index >= 15 is 0 Å². The molecule has 2 aromatic rings. The van der Waals surface area contributed by atoms with E-state index in [1.54, 1.807) is 0 Å². The number of nitrogens with two attached hydrogens (primary N) is 1. The first kappa shape index (κ1) is 30.3. The molecule has 39 heavy (non-hydrogen) atoms. The average Bonchev–Trinajstić information content (AvgIpc) is 3.34. The van der Waals surface area contributed by atoms with E-state index in [1.807, 2.05) is 4.90 Å². The lowest BCUT2D eigenvalue weighted by molar-refractivity contribution is -0.136. The molecule has 3 atom stereocenters. The van der Waals surface area contributed by atoms with Gasteiger partial charge in [0.2, 0.25) is 5.91 Å². The fourth-order valence-corrected chi connectivity index (χ4v) is 6.97. The maximum absolute atomic E-state index is 14.9. The van der Waals surface area contributed by atoms with E-state index in [0.29, 0.717) is 44.2 Å². The van der Waals surface area contributed by atoms with E-state index in [9.17, 15) is 13.6 Å². The van der Waals surface area contributed by atoms with Crippen molar-refractivity contribution in [3.63, 3.8) is 0 Å². The van der Waals surface area contributed by atoms with Crippen LogP contribution in [0.25, 0.3) is 0 Å². The van der Waals surface area contributed by atoms with Gasteiger partial charge >= 0.3 is 0 Å². The van der Waals surface area contributed by atoms with E-state index in [1.165, 1.54) is 34.4 Å². The Bertz CT molecular complexity index is 1180. The number of benzene rings is 2. The zero-order valence-electron chi connectivity index (χ0n) is 23.9. The first-order valence-corrected chi connectivity index (χ1v) is 15.3. The highest BCUT2D eigenvalue weighted by molar-refractivity contribution is 14.1. The van der Waals surface area contributed by atoms with Crippen LogP contribution >= 0.6 is 22.6 Å². The second-order valence-electron chi connectivity index (χ2n) is 12.2. The molecule has 0 unspecified atom stereocenters. The zero-order chi connectivity index (χ0) is 28.5. The molecule has 2 aromatic carbocycles. The van der Waals surface area contributed by atoms with Crippen molar-refractivity contribution in [3.8, 4) is 0 Å². The van der Waals surface area contributed by atoms with Crippen molar-refractivity contribution in [2.45, 2.75) is 68.9 Å². The van der Waals surface area contributed by atoms with Gasteiger partial charge in [0.15, 0.2) is 0 Å². The van der Waals surface area contributed by atoms with E-state index in [-0.39, 0.29) is 27.3 Å². The van der Waals surface area contributed by atoms with Crippen molar-refractivity contribution in [2.75, 3.05) is 39.3 Å². The van der Waals surface area contributed by atoms with Crippen molar-refractivity contribution < 1.29 is 13.6 Å². The summed E-state index contributed by atoms with van der Waals surface area (Å²) >= 11 is 2.45. The number of rotatable bonds is 7. The van der Waals surface area contributed by atoms with Gasteiger partial charge in [-0.25, -0.2) is 8.78 Å². The van der Waals surface area contributed by atoms with Crippen LogP contribution < -0.4 is 11.1 Å². The number of halogens is 3. The molecular formula is C31H43F2IN4O. The molecule has 2 heterocycles. The van der Waals surface area contributed by atoms with E-state index in [0.717, 1.165) is 25.5 Å². The lowest BCUT2D eigenvalue weighted by Crippen LogP contribution is -2.44. The van der Waals surface area contributed by atoms with Crippen molar-refractivity contribution in [1.29, 1.82) is 0 Å². The highest BCUT2D eigenvalue weighted by Crippen LogP contribution is 2.41. The molecule has 0 radical (unpaired) electrons. The summed E-state index contributed by atoms with van der Waals surface area (Å²) in [6.45, 7) is 14.5. The van der Waals surface area contributed by atoms with Crippen molar-refractivity contribution in [3.05, 3.63) is 69.8 Å². The fraction of sp³-hybridized carbons (Fsp3) is 0.581. The summed E-state index contributed by atoms with van der Waals surface area (Å²) in [6.07, 6.45) is 1.79. The number of carbonyl (C=O) groups excluding carboxylic acids is 1. The van der Waals surface area contributed by atoms with E-state index < -0.39 is 11.6 Å². The van der Waals surface area contributed by atoms with Crippen molar-refractivity contribution in [1.82, 2.24) is 15.1 Å². The minimum Gasteiger partial charge on any atom is -0.342 e. The smallest absolute Gasteiger partial charge is 0.227 e. The third kappa shape index (κ3) is 6.82. The summed E-state index contributed by atoms with van der Waals surface area (Å²) in [7, 11) is 0. The molecule has 1 amide bonds. The molecule has 2 aliphatic heterocycles. The van der Waals surface area contributed by atoms with Crippen LogP contribution in [-0.2, 0) is 4.79 Å². The molecule has 8 heteroatoms. The topological polar surface area (TPSA) is 61.6 Å². The standard InChI is InChI=1S/C31H43F2IN4O/c1-19-14-24(25(15-20(19)2)29(34)36-11-10-35)21-8-12-37(13-9-21)30(39)27-18-38(31(3,4)5)17-26(27)23-7-6-22(32)16-28(23)33/h6-7,14-16,21,26-27,29,36H,8-13,17-18,35H2,1-5H3/t26-,27+,29+/m0/s1. The lowest BCUT2D eigenvalue weighted by Gasteiger charge is -2.36. The first-order valence-electron chi connectivity index (χ1n) is 14.1. The first-order chi connectivity index (χ1) is 18.4. The second kappa shape index (κ2) is 12.5. The molecule has 0 saturated carbocycles. The van der Waals surface area contributed by atoms with Gasteiger partial charge in [0.25, 0.3) is 0 Å². The maximum atomic E-state index is 14.9. The molecule has 0 aromatic heterocycles. The van der Waals surface area contributed by atoms with Crippen LogP contribution in [0.5, 0.6) is 0 Å². The highest BCUT2D eigenvalue weighted by Gasteiger charge is 2.44. The lowest BCUT2D eigenvalue weighted by atomic mass is 9.83. The van der Waals surface area contributed by atoms with Crippen LogP contribution in [-0.4, -0.2) is 60.5 Å². The summed E-state index contributed by atoms with van der Waals surface area (Å²) in [6, 6.07) is 8.38. The molecule has 4 rings (SSSR count). The molecule has 3 N–H and O–H groups in total. The van der Waals surface area contributed by atoms with E-state index in [2.05, 4.69) is 79.6 Å². The van der Waals surface area contributed by atoms with E-state index in [4.69, 9.17) is 5.73 Å². The molecule has 214 valence electrons.